The Bertz CT molecular complexity index is 750. The number of nitrogens with zero attached hydrogens (tertiary/aromatic N) is 3. The van der Waals surface area contributed by atoms with Gasteiger partial charge in [0.2, 0.25) is 0 Å². The van der Waals surface area contributed by atoms with Crippen LogP contribution >= 0.6 is 0 Å². The molecule has 0 amide bonds. The van der Waals surface area contributed by atoms with Crippen molar-refractivity contribution >= 4 is 5.82 Å². The molecule has 2 aromatic rings. The van der Waals surface area contributed by atoms with Crippen LogP contribution in [0, 0.1) is 13.8 Å². The van der Waals surface area contributed by atoms with E-state index in [2.05, 4.69) is 19.9 Å². The number of hydrogen-bond donors (Lipinski definition) is 2. The van der Waals surface area contributed by atoms with Crippen molar-refractivity contribution in [1.82, 2.24) is 15.0 Å². The predicted octanol–water partition coefficient (Wildman–Crippen LogP) is 1.41. The third kappa shape index (κ3) is 2.74. The van der Waals surface area contributed by atoms with Crippen LogP contribution in [0.3, 0.4) is 0 Å². The molecule has 2 N–H and O–H groups in total. The second-order valence-corrected chi connectivity index (χ2v) is 6.20. The third-order valence-corrected chi connectivity index (χ3v) is 4.19. The molecule has 6 heteroatoms. The summed E-state index contributed by atoms with van der Waals surface area (Å²) >= 11 is 0. The summed E-state index contributed by atoms with van der Waals surface area (Å²) < 4.78 is 0. The van der Waals surface area contributed by atoms with Gasteiger partial charge in [-0.05, 0) is 39.3 Å². The quantitative estimate of drug-likeness (QED) is 0.876. The van der Waals surface area contributed by atoms with E-state index in [-0.39, 0.29) is 5.56 Å². The first-order valence-electron chi connectivity index (χ1n) is 7.37. The van der Waals surface area contributed by atoms with Crippen molar-refractivity contribution in [2.75, 3.05) is 18.0 Å². The SMILES string of the molecule is Cc1nc(-c2ccc(N3CCC(C)(O)C3)nc2)[nH]c(=O)c1C. The van der Waals surface area contributed by atoms with Gasteiger partial charge in [-0.25, -0.2) is 9.97 Å². The van der Waals surface area contributed by atoms with Crippen molar-refractivity contribution in [3.63, 3.8) is 0 Å². The first-order valence-corrected chi connectivity index (χ1v) is 7.37. The van der Waals surface area contributed by atoms with Crippen LogP contribution < -0.4 is 10.5 Å². The minimum absolute atomic E-state index is 0.123. The topological polar surface area (TPSA) is 82.1 Å². The summed E-state index contributed by atoms with van der Waals surface area (Å²) in [6.07, 6.45) is 2.44. The zero-order chi connectivity index (χ0) is 15.9. The van der Waals surface area contributed by atoms with E-state index >= 15 is 0 Å². The van der Waals surface area contributed by atoms with Gasteiger partial charge in [-0.15, -0.1) is 0 Å². The van der Waals surface area contributed by atoms with Crippen molar-refractivity contribution in [2.24, 2.45) is 0 Å². The summed E-state index contributed by atoms with van der Waals surface area (Å²) in [6.45, 7) is 6.79. The van der Waals surface area contributed by atoms with E-state index < -0.39 is 5.60 Å². The number of nitrogens with one attached hydrogen (secondary N) is 1. The number of β-amino-alcohol motifs (C(OH)–C–C–N with tert-alkyl or cyclic N) is 1. The van der Waals surface area contributed by atoms with E-state index in [1.165, 1.54) is 0 Å². The molecule has 0 aliphatic carbocycles. The van der Waals surface area contributed by atoms with Crippen LogP contribution in [0.1, 0.15) is 24.6 Å². The molecule has 22 heavy (non-hydrogen) atoms. The number of aryl methyl sites for hydroxylation is 1. The maximum absolute atomic E-state index is 11.8. The maximum Gasteiger partial charge on any atom is 0.254 e. The minimum Gasteiger partial charge on any atom is -0.388 e. The summed E-state index contributed by atoms with van der Waals surface area (Å²) in [5.74, 6) is 1.35. The summed E-state index contributed by atoms with van der Waals surface area (Å²) in [4.78, 5) is 25.5. The Morgan fingerprint density at radius 1 is 1.36 bits per heavy atom. The van der Waals surface area contributed by atoms with Crippen molar-refractivity contribution in [1.29, 1.82) is 0 Å². The number of pyridine rings is 1. The number of aromatic nitrogens is 3. The lowest BCUT2D eigenvalue weighted by Gasteiger charge is -2.19. The standard InChI is InChI=1S/C16H20N4O2/c1-10-11(2)18-14(19-15(10)21)12-4-5-13(17-8-12)20-7-6-16(3,22)9-20/h4-5,8,22H,6-7,9H2,1-3H3,(H,18,19,21). The van der Waals surface area contributed by atoms with E-state index in [1.807, 2.05) is 26.0 Å². The van der Waals surface area contributed by atoms with Crippen molar-refractivity contribution in [3.8, 4) is 11.4 Å². The summed E-state index contributed by atoms with van der Waals surface area (Å²) in [7, 11) is 0. The second kappa shape index (κ2) is 5.21. The lowest BCUT2D eigenvalue weighted by Crippen LogP contribution is -2.29. The molecule has 2 aromatic heterocycles. The molecule has 0 bridgehead atoms. The Morgan fingerprint density at radius 3 is 2.68 bits per heavy atom. The number of anilines is 1. The van der Waals surface area contributed by atoms with Crippen LogP contribution in [-0.4, -0.2) is 38.7 Å². The summed E-state index contributed by atoms with van der Waals surface area (Å²) in [5, 5.41) is 10.0. The Kier molecular flexibility index (Phi) is 3.48. The highest BCUT2D eigenvalue weighted by Crippen LogP contribution is 2.26. The molecule has 3 rings (SSSR count). The van der Waals surface area contributed by atoms with Crippen LogP contribution in [0.25, 0.3) is 11.4 Å². The number of rotatable bonds is 2. The zero-order valence-electron chi connectivity index (χ0n) is 13.1. The largest absolute Gasteiger partial charge is 0.388 e. The van der Waals surface area contributed by atoms with Gasteiger partial charge < -0.3 is 15.0 Å². The minimum atomic E-state index is -0.652. The Hall–Kier alpha value is -2.21. The zero-order valence-corrected chi connectivity index (χ0v) is 13.1. The molecular formula is C16H20N4O2. The van der Waals surface area contributed by atoms with Crippen LogP contribution in [0.2, 0.25) is 0 Å². The van der Waals surface area contributed by atoms with Crippen LogP contribution in [-0.2, 0) is 0 Å². The van der Waals surface area contributed by atoms with Gasteiger partial charge in [0.05, 0.1) is 5.60 Å². The fraction of sp³-hybridized carbons (Fsp3) is 0.438. The molecule has 0 aromatic carbocycles. The van der Waals surface area contributed by atoms with Crippen LogP contribution in [0.4, 0.5) is 5.82 Å². The van der Waals surface area contributed by atoms with Crippen LogP contribution in [0.5, 0.6) is 0 Å². The van der Waals surface area contributed by atoms with E-state index in [1.54, 1.807) is 13.1 Å². The average Bonchev–Trinajstić information content (AvgIpc) is 2.84. The lowest BCUT2D eigenvalue weighted by atomic mass is 10.1. The number of aromatic amines is 1. The molecule has 1 atom stereocenters. The van der Waals surface area contributed by atoms with Crippen molar-refractivity contribution in [2.45, 2.75) is 32.8 Å². The molecule has 116 valence electrons. The number of H-pyrrole nitrogens is 1. The molecule has 1 fully saturated rings. The fourth-order valence-electron chi connectivity index (χ4n) is 2.64. The molecule has 1 aliphatic rings. The van der Waals surface area contributed by atoms with Gasteiger partial charge in [0.25, 0.3) is 5.56 Å². The normalized spacial score (nSPS) is 21.4. The number of hydrogen-bond acceptors (Lipinski definition) is 5. The molecule has 3 heterocycles. The van der Waals surface area contributed by atoms with Gasteiger partial charge in [-0.1, -0.05) is 0 Å². The van der Waals surface area contributed by atoms with Gasteiger partial charge in [-0.3, -0.25) is 4.79 Å². The molecule has 1 aliphatic heterocycles. The molecule has 6 nitrogen and oxygen atoms in total. The number of aliphatic hydroxyl groups is 1. The van der Waals surface area contributed by atoms with Gasteiger partial charge in [-0.2, -0.15) is 0 Å². The highest BCUT2D eigenvalue weighted by molar-refractivity contribution is 5.57. The molecule has 1 saturated heterocycles. The summed E-state index contributed by atoms with van der Waals surface area (Å²) in [6, 6.07) is 3.79. The smallest absolute Gasteiger partial charge is 0.254 e. The predicted molar refractivity (Wildman–Crippen MR) is 85.0 cm³/mol. The fourth-order valence-corrected chi connectivity index (χ4v) is 2.64. The van der Waals surface area contributed by atoms with Gasteiger partial charge in [0.1, 0.15) is 11.6 Å². The monoisotopic (exact) mass is 300 g/mol. The van der Waals surface area contributed by atoms with Crippen LogP contribution in [0.15, 0.2) is 23.1 Å². The first-order chi connectivity index (χ1) is 10.4. The third-order valence-electron chi connectivity index (χ3n) is 4.19. The molecule has 0 radical (unpaired) electrons. The Morgan fingerprint density at radius 2 is 2.14 bits per heavy atom. The average molecular weight is 300 g/mol. The Balaban J connectivity index is 1.87. The summed E-state index contributed by atoms with van der Waals surface area (Å²) in [5.41, 5.74) is 1.35. The van der Waals surface area contributed by atoms with E-state index in [0.29, 0.717) is 17.9 Å². The highest BCUT2D eigenvalue weighted by atomic mass is 16.3. The van der Waals surface area contributed by atoms with Crippen molar-refractivity contribution < 1.29 is 5.11 Å². The molecule has 0 spiro atoms. The first kappa shape index (κ1) is 14.7. The molecule has 1 unspecified atom stereocenters. The van der Waals surface area contributed by atoms with Crippen molar-refractivity contribution in [3.05, 3.63) is 39.9 Å². The maximum atomic E-state index is 11.8. The second-order valence-electron chi connectivity index (χ2n) is 6.20. The van der Waals surface area contributed by atoms with Gasteiger partial charge in [0, 0.05) is 36.1 Å². The van der Waals surface area contributed by atoms with Gasteiger partial charge >= 0.3 is 0 Å². The van der Waals surface area contributed by atoms with E-state index in [9.17, 15) is 9.90 Å². The Labute approximate surface area is 128 Å². The van der Waals surface area contributed by atoms with Gasteiger partial charge in [0.15, 0.2) is 0 Å². The molecular weight excluding hydrogens is 280 g/mol. The highest BCUT2D eigenvalue weighted by Gasteiger charge is 2.31. The lowest BCUT2D eigenvalue weighted by molar-refractivity contribution is 0.0839. The van der Waals surface area contributed by atoms with E-state index in [4.69, 9.17) is 0 Å². The van der Waals surface area contributed by atoms with E-state index in [0.717, 1.165) is 30.0 Å². The molecule has 0 saturated carbocycles.